The zero-order valence-electron chi connectivity index (χ0n) is 15.7. The van der Waals surface area contributed by atoms with Crippen molar-refractivity contribution in [2.75, 3.05) is 27.2 Å². The van der Waals surface area contributed by atoms with Gasteiger partial charge in [0.2, 0.25) is 5.91 Å². The summed E-state index contributed by atoms with van der Waals surface area (Å²) in [5, 5.41) is 3.05. The predicted octanol–water partition coefficient (Wildman–Crippen LogP) is 2.00. The number of hydrogen-bond donors (Lipinski definition) is 1. The number of nitrogens with zero attached hydrogens (tertiary/aromatic N) is 2. The van der Waals surface area contributed by atoms with Crippen LogP contribution in [-0.2, 0) is 15.0 Å². The average Bonchev–Trinajstić information content (AvgIpc) is 2.54. The quantitative estimate of drug-likeness (QED) is 0.865. The van der Waals surface area contributed by atoms with Crippen LogP contribution >= 0.6 is 0 Å². The highest BCUT2D eigenvalue weighted by Gasteiger charge is 2.33. The first kappa shape index (κ1) is 19.9. The zero-order chi connectivity index (χ0) is 18.8. The van der Waals surface area contributed by atoms with Crippen molar-refractivity contribution in [1.82, 2.24) is 13.9 Å². The molecule has 7 heteroatoms. The van der Waals surface area contributed by atoms with Gasteiger partial charge >= 0.3 is 0 Å². The summed E-state index contributed by atoms with van der Waals surface area (Å²) in [7, 11) is -0.442. The lowest BCUT2D eigenvalue weighted by atomic mass is 9.96. The summed E-state index contributed by atoms with van der Waals surface area (Å²) in [4.78, 5) is 12.7. The zero-order valence-corrected chi connectivity index (χ0v) is 16.6. The molecule has 2 rings (SSSR count). The molecule has 0 radical (unpaired) electrons. The Bertz CT molecular complexity index is 731. The summed E-state index contributed by atoms with van der Waals surface area (Å²) in [6.45, 7) is 6.76. The van der Waals surface area contributed by atoms with E-state index in [9.17, 15) is 13.2 Å². The van der Waals surface area contributed by atoms with Crippen LogP contribution in [0.15, 0.2) is 18.2 Å². The first-order valence-corrected chi connectivity index (χ1v) is 10.1. The highest BCUT2D eigenvalue weighted by atomic mass is 32.2. The van der Waals surface area contributed by atoms with E-state index in [4.69, 9.17) is 0 Å². The normalized spacial score (nSPS) is 20.5. The molecule has 0 aliphatic carbocycles. The summed E-state index contributed by atoms with van der Waals surface area (Å²) < 4.78 is 27.2. The molecule has 1 fully saturated rings. The number of amides is 1. The van der Waals surface area contributed by atoms with Crippen LogP contribution in [0.2, 0.25) is 0 Å². The van der Waals surface area contributed by atoms with Crippen molar-refractivity contribution < 1.29 is 13.2 Å². The van der Waals surface area contributed by atoms with Gasteiger partial charge in [-0.3, -0.25) is 4.79 Å². The van der Waals surface area contributed by atoms with Crippen molar-refractivity contribution in [2.45, 2.75) is 39.7 Å². The van der Waals surface area contributed by atoms with E-state index in [-0.39, 0.29) is 24.4 Å². The maximum Gasteiger partial charge on any atom is 0.281 e. The Morgan fingerprint density at radius 1 is 1.32 bits per heavy atom. The van der Waals surface area contributed by atoms with E-state index in [1.54, 1.807) is 0 Å². The lowest BCUT2D eigenvalue weighted by Gasteiger charge is -2.33. The molecule has 1 heterocycles. The van der Waals surface area contributed by atoms with E-state index in [2.05, 4.69) is 11.4 Å². The van der Waals surface area contributed by atoms with Gasteiger partial charge < -0.3 is 5.32 Å². The van der Waals surface area contributed by atoms with Crippen LogP contribution in [-0.4, -0.2) is 50.1 Å². The Labute approximate surface area is 151 Å². The van der Waals surface area contributed by atoms with Gasteiger partial charge in [-0.05, 0) is 44.7 Å². The Hall–Kier alpha value is -1.44. The molecule has 6 nitrogen and oxygen atoms in total. The first-order chi connectivity index (χ1) is 11.6. The monoisotopic (exact) mass is 367 g/mol. The predicted molar refractivity (Wildman–Crippen MR) is 99.4 cm³/mol. The number of hydrogen-bond acceptors (Lipinski definition) is 3. The van der Waals surface area contributed by atoms with Gasteiger partial charge in [0, 0.05) is 27.2 Å². The highest BCUT2D eigenvalue weighted by Crippen LogP contribution is 2.23. The van der Waals surface area contributed by atoms with Crippen molar-refractivity contribution >= 4 is 16.1 Å². The number of benzene rings is 1. The third kappa shape index (κ3) is 4.59. The molecule has 1 aliphatic rings. The number of carbonyl (C=O) groups is 1. The maximum atomic E-state index is 12.7. The lowest BCUT2D eigenvalue weighted by molar-refractivity contribution is -0.126. The fraction of sp³-hybridized carbons (Fsp3) is 0.611. The van der Waals surface area contributed by atoms with Crippen molar-refractivity contribution in [3.63, 3.8) is 0 Å². The van der Waals surface area contributed by atoms with E-state index in [1.165, 1.54) is 28.3 Å². The molecule has 0 spiro atoms. The van der Waals surface area contributed by atoms with Gasteiger partial charge in [-0.15, -0.1) is 0 Å². The SMILES string of the molecule is Cc1ccc([C@H](C)NC(=O)[C@@H]2CCCN(S(=O)(=O)N(C)C)C2)c(C)c1. The number of nitrogens with one attached hydrogen (secondary N) is 1. The fourth-order valence-electron chi connectivity index (χ4n) is 3.32. The first-order valence-electron chi connectivity index (χ1n) is 8.68. The number of aryl methyl sites for hydroxylation is 2. The molecule has 0 saturated carbocycles. The van der Waals surface area contributed by atoms with Crippen LogP contribution in [0, 0.1) is 19.8 Å². The molecular formula is C18H29N3O3S. The van der Waals surface area contributed by atoms with Crippen LogP contribution in [0.25, 0.3) is 0 Å². The third-order valence-electron chi connectivity index (χ3n) is 4.79. The Balaban J connectivity index is 2.05. The summed E-state index contributed by atoms with van der Waals surface area (Å²) in [5.74, 6) is -0.386. The van der Waals surface area contributed by atoms with Gasteiger partial charge in [0.1, 0.15) is 0 Å². The largest absolute Gasteiger partial charge is 0.349 e. The van der Waals surface area contributed by atoms with Crippen LogP contribution in [0.4, 0.5) is 0 Å². The van der Waals surface area contributed by atoms with Gasteiger partial charge in [-0.1, -0.05) is 23.8 Å². The Kier molecular flexibility index (Phi) is 6.24. The smallest absolute Gasteiger partial charge is 0.281 e. The fourth-order valence-corrected chi connectivity index (χ4v) is 4.51. The van der Waals surface area contributed by atoms with Crippen molar-refractivity contribution in [1.29, 1.82) is 0 Å². The topological polar surface area (TPSA) is 69.7 Å². The lowest BCUT2D eigenvalue weighted by Crippen LogP contribution is -2.49. The van der Waals surface area contributed by atoms with E-state index in [1.807, 2.05) is 32.9 Å². The minimum Gasteiger partial charge on any atom is -0.349 e. The van der Waals surface area contributed by atoms with Crippen LogP contribution in [0.3, 0.4) is 0 Å². The van der Waals surface area contributed by atoms with Gasteiger partial charge in [-0.2, -0.15) is 17.0 Å². The summed E-state index contributed by atoms with van der Waals surface area (Å²) in [6, 6.07) is 6.08. The second-order valence-corrected chi connectivity index (χ2v) is 9.22. The van der Waals surface area contributed by atoms with E-state index < -0.39 is 10.2 Å². The Morgan fingerprint density at radius 3 is 2.60 bits per heavy atom. The average molecular weight is 368 g/mol. The number of piperidine rings is 1. The molecule has 1 amide bonds. The molecule has 1 aliphatic heterocycles. The molecule has 2 atom stereocenters. The van der Waals surface area contributed by atoms with E-state index in [0.29, 0.717) is 19.4 Å². The van der Waals surface area contributed by atoms with Gasteiger partial charge in [0.25, 0.3) is 10.2 Å². The highest BCUT2D eigenvalue weighted by molar-refractivity contribution is 7.86. The van der Waals surface area contributed by atoms with E-state index in [0.717, 1.165) is 11.1 Å². The van der Waals surface area contributed by atoms with Crippen molar-refractivity contribution in [3.8, 4) is 0 Å². The molecule has 0 unspecified atom stereocenters. The molecule has 140 valence electrons. The van der Waals surface area contributed by atoms with Crippen molar-refractivity contribution in [3.05, 3.63) is 34.9 Å². The molecular weight excluding hydrogens is 338 g/mol. The maximum absolute atomic E-state index is 12.7. The van der Waals surface area contributed by atoms with Gasteiger partial charge in [-0.25, -0.2) is 0 Å². The van der Waals surface area contributed by atoms with E-state index >= 15 is 0 Å². The summed E-state index contributed by atoms with van der Waals surface area (Å²) >= 11 is 0. The molecule has 25 heavy (non-hydrogen) atoms. The standard InChI is InChI=1S/C18H29N3O3S/c1-13-8-9-17(14(2)11-13)15(3)19-18(22)16-7-6-10-21(12-16)25(23,24)20(4)5/h8-9,11,15-16H,6-7,10,12H2,1-5H3,(H,19,22)/t15-,16+/m0/s1. The molecule has 1 N–H and O–H groups in total. The minimum atomic E-state index is -3.47. The second kappa shape index (κ2) is 7.85. The minimum absolute atomic E-state index is 0.0777. The van der Waals surface area contributed by atoms with Crippen LogP contribution in [0.1, 0.15) is 42.5 Å². The second-order valence-electron chi connectivity index (χ2n) is 7.08. The summed E-state index contributed by atoms with van der Waals surface area (Å²) in [6.07, 6.45) is 1.41. The van der Waals surface area contributed by atoms with Gasteiger partial charge in [0.15, 0.2) is 0 Å². The molecule has 1 aromatic rings. The number of rotatable bonds is 5. The molecule has 1 aromatic carbocycles. The van der Waals surface area contributed by atoms with Crippen molar-refractivity contribution in [2.24, 2.45) is 5.92 Å². The summed E-state index contributed by atoms with van der Waals surface area (Å²) in [5.41, 5.74) is 3.43. The van der Waals surface area contributed by atoms with Gasteiger partial charge in [0.05, 0.1) is 12.0 Å². The number of carbonyl (C=O) groups excluding carboxylic acids is 1. The Morgan fingerprint density at radius 2 is 2.00 bits per heavy atom. The third-order valence-corrected chi connectivity index (χ3v) is 6.70. The van der Waals surface area contributed by atoms with Crippen LogP contribution < -0.4 is 5.32 Å². The molecule has 0 aromatic heterocycles. The molecule has 1 saturated heterocycles. The van der Waals surface area contributed by atoms with Crippen LogP contribution in [0.5, 0.6) is 0 Å². The molecule has 0 bridgehead atoms.